The highest BCUT2D eigenvalue weighted by molar-refractivity contribution is 5.67. The standard InChI is InChI=1S/C13H24N2O3/c1-2-3-6-15-12(16)18-11-9-13(17-10-11)4-7-14-8-5-13/h11,14H,2-10H2,1H3,(H,15,16). The fourth-order valence-corrected chi connectivity index (χ4v) is 2.67. The fourth-order valence-electron chi connectivity index (χ4n) is 2.67. The van der Waals surface area contributed by atoms with Crippen LogP contribution in [0.2, 0.25) is 0 Å². The molecule has 2 fully saturated rings. The van der Waals surface area contributed by atoms with Crippen LogP contribution in [0.4, 0.5) is 4.79 Å². The average Bonchev–Trinajstić information content (AvgIpc) is 2.73. The van der Waals surface area contributed by atoms with Crippen molar-refractivity contribution in [3.8, 4) is 0 Å². The lowest BCUT2D eigenvalue weighted by Gasteiger charge is -2.32. The van der Waals surface area contributed by atoms with E-state index < -0.39 is 0 Å². The second-order valence-electron chi connectivity index (χ2n) is 5.26. The summed E-state index contributed by atoms with van der Waals surface area (Å²) in [5.41, 5.74) is -0.0420. The highest BCUT2D eigenvalue weighted by Gasteiger charge is 2.42. The quantitative estimate of drug-likeness (QED) is 0.747. The molecule has 0 aromatic rings. The van der Waals surface area contributed by atoms with Crippen molar-refractivity contribution in [2.45, 2.75) is 50.7 Å². The summed E-state index contributed by atoms with van der Waals surface area (Å²) in [6.45, 7) is 5.32. The van der Waals surface area contributed by atoms with Gasteiger partial charge >= 0.3 is 6.09 Å². The van der Waals surface area contributed by atoms with E-state index in [-0.39, 0.29) is 17.8 Å². The second kappa shape index (κ2) is 6.38. The molecule has 5 heteroatoms. The molecule has 0 aromatic heterocycles. The van der Waals surface area contributed by atoms with Crippen molar-refractivity contribution in [2.24, 2.45) is 0 Å². The van der Waals surface area contributed by atoms with Gasteiger partial charge < -0.3 is 20.1 Å². The van der Waals surface area contributed by atoms with Crippen molar-refractivity contribution in [3.63, 3.8) is 0 Å². The smallest absolute Gasteiger partial charge is 0.407 e. The Bertz CT molecular complexity index is 277. The van der Waals surface area contributed by atoms with E-state index in [9.17, 15) is 4.79 Å². The number of carbonyl (C=O) groups excluding carboxylic acids is 1. The minimum absolute atomic E-state index is 0.0420. The molecule has 0 bridgehead atoms. The second-order valence-corrected chi connectivity index (χ2v) is 5.26. The van der Waals surface area contributed by atoms with E-state index in [4.69, 9.17) is 9.47 Å². The average molecular weight is 256 g/mol. The molecule has 2 aliphatic heterocycles. The molecule has 5 nitrogen and oxygen atoms in total. The molecular weight excluding hydrogens is 232 g/mol. The molecule has 2 heterocycles. The van der Waals surface area contributed by atoms with Crippen molar-refractivity contribution in [2.75, 3.05) is 26.2 Å². The lowest BCUT2D eigenvalue weighted by atomic mass is 9.89. The Morgan fingerprint density at radius 2 is 2.28 bits per heavy atom. The maximum atomic E-state index is 11.5. The first-order chi connectivity index (χ1) is 8.74. The summed E-state index contributed by atoms with van der Waals surface area (Å²) < 4.78 is 11.3. The molecule has 1 spiro atoms. The predicted molar refractivity (Wildman–Crippen MR) is 68.6 cm³/mol. The molecule has 2 rings (SSSR count). The summed E-state index contributed by atoms with van der Waals surface area (Å²) in [5.74, 6) is 0. The Balaban J connectivity index is 1.70. The zero-order chi connectivity index (χ0) is 12.8. The number of carbonyl (C=O) groups is 1. The first-order valence-corrected chi connectivity index (χ1v) is 7.03. The van der Waals surface area contributed by atoms with Crippen LogP contribution < -0.4 is 10.6 Å². The van der Waals surface area contributed by atoms with Crippen molar-refractivity contribution in [1.29, 1.82) is 0 Å². The van der Waals surface area contributed by atoms with E-state index in [1.54, 1.807) is 0 Å². The molecule has 0 aromatic carbocycles. The van der Waals surface area contributed by atoms with Gasteiger partial charge in [-0.3, -0.25) is 0 Å². The van der Waals surface area contributed by atoms with Crippen LogP contribution in [-0.2, 0) is 9.47 Å². The minimum Gasteiger partial charge on any atom is -0.444 e. The van der Waals surface area contributed by atoms with Crippen LogP contribution in [0, 0.1) is 0 Å². The number of nitrogens with one attached hydrogen (secondary N) is 2. The van der Waals surface area contributed by atoms with Gasteiger partial charge in [-0.05, 0) is 32.4 Å². The van der Waals surface area contributed by atoms with Crippen molar-refractivity contribution in [3.05, 3.63) is 0 Å². The number of alkyl carbamates (subject to hydrolysis) is 1. The predicted octanol–water partition coefficient (Wildman–Crippen LogP) is 1.42. The molecule has 18 heavy (non-hydrogen) atoms. The van der Waals surface area contributed by atoms with Gasteiger partial charge in [0, 0.05) is 13.0 Å². The lowest BCUT2D eigenvalue weighted by molar-refractivity contribution is -0.0212. The molecule has 0 radical (unpaired) electrons. The number of ether oxygens (including phenoxy) is 2. The molecule has 1 atom stereocenters. The molecular formula is C13H24N2O3. The molecule has 1 unspecified atom stereocenters. The third-order valence-electron chi connectivity index (χ3n) is 3.76. The van der Waals surface area contributed by atoms with Gasteiger partial charge in [-0.25, -0.2) is 4.79 Å². The van der Waals surface area contributed by atoms with Gasteiger partial charge in [0.1, 0.15) is 6.10 Å². The minimum atomic E-state index is -0.303. The number of rotatable bonds is 4. The van der Waals surface area contributed by atoms with Crippen molar-refractivity contribution in [1.82, 2.24) is 10.6 Å². The Morgan fingerprint density at radius 1 is 1.50 bits per heavy atom. The third-order valence-corrected chi connectivity index (χ3v) is 3.76. The van der Waals surface area contributed by atoms with Gasteiger partial charge in [0.05, 0.1) is 12.2 Å². The fraction of sp³-hybridized carbons (Fsp3) is 0.923. The molecule has 2 saturated heterocycles. The summed E-state index contributed by atoms with van der Waals surface area (Å²) in [7, 11) is 0. The van der Waals surface area contributed by atoms with Crippen LogP contribution in [0.3, 0.4) is 0 Å². The Kier molecular flexibility index (Phi) is 4.83. The molecule has 2 N–H and O–H groups in total. The first kappa shape index (κ1) is 13.6. The third kappa shape index (κ3) is 3.59. The molecule has 2 aliphatic rings. The zero-order valence-electron chi connectivity index (χ0n) is 11.2. The SMILES string of the molecule is CCCCNC(=O)OC1COC2(CCNCC2)C1. The van der Waals surface area contributed by atoms with E-state index in [1.165, 1.54) is 0 Å². The number of amides is 1. The molecule has 104 valence electrons. The van der Waals surface area contributed by atoms with Gasteiger partial charge in [-0.15, -0.1) is 0 Å². The van der Waals surface area contributed by atoms with E-state index in [0.29, 0.717) is 13.2 Å². The van der Waals surface area contributed by atoms with Crippen LogP contribution in [0.25, 0.3) is 0 Å². The van der Waals surface area contributed by atoms with Gasteiger partial charge in [0.25, 0.3) is 0 Å². The van der Waals surface area contributed by atoms with Crippen molar-refractivity contribution >= 4 is 6.09 Å². The summed E-state index contributed by atoms with van der Waals surface area (Å²) in [5, 5.41) is 6.10. The monoisotopic (exact) mass is 256 g/mol. The van der Waals surface area contributed by atoms with E-state index in [2.05, 4.69) is 17.6 Å². The number of unbranched alkanes of at least 4 members (excludes halogenated alkanes) is 1. The maximum Gasteiger partial charge on any atom is 0.407 e. The normalized spacial score (nSPS) is 26.2. The van der Waals surface area contributed by atoms with Gasteiger partial charge in [0.15, 0.2) is 0 Å². The summed E-state index contributed by atoms with van der Waals surface area (Å²) in [6.07, 6.45) is 4.56. The summed E-state index contributed by atoms with van der Waals surface area (Å²) >= 11 is 0. The maximum absolute atomic E-state index is 11.5. The Morgan fingerprint density at radius 3 is 3.00 bits per heavy atom. The van der Waals surface area contributed by atoms with Gasteiger partial charge in [-0.2, -0.15) is 0 Å². The van der Waals surface area contributed by atoms with Gasteiger partial charge in [0.2, 0.25) is 0 Å². The van der Waals surface area contributed by atoms with Crippen LogP contribution in [0.15, 0.2) is 0 Å². The molecule has 0 aliphatic carbocycles. The molecule has 1 amide bonds. The van der Waals surface area contributed by atoms with Crippen LogP contribution in [0.1, 0.15) is 39.0 Å². The van der Waals surface area contributed by atoms with Crippen LogP contribution in [-0.4, -0.2) is 44.0 Å². The zero-order valence-corrected chi connectivity index (χ0v) is 11.2. The van der Waals surface area contributed by atoms with Crippen LogP contribution >= 0.6 is 0 Å². The van der Waals surface area contributed by atoms with E-state index >= 15 is 0 Å². The first-order valence-electron chi connectivity index (χ1n) is 7.03. The van der Waals surface area contributed by atoms with Crippen molar-refractivity contribution < 1.29 is 14.3 Å². The van der Waals surface area contributed by atoms with Gasteiger partial charge in [-0.1, -0.05) is 13.3 Å². The largest absolute Gasteiger partial charge is 0.444 e. The number of piperidine rings is 1. The highest BCUT2D eigenvalue weighted by atomic mass is 16.6. The Labute approximate surface area is 109 Å². The van der Waals surface area contributed by atoms with E-state index in [1.807, 2.05) is 0 Å². The number of hydrogen-bond donors (Lipinski definition) is 2. The highest BCUT2D eigenvalue weighted by Crippen LogP contribution is 2.35. The lowest BCUT2D eigenvalue weighted by Crippen LogP contribution is -2.41. The van der Waals surface area contributed by atoms with E-state index in [0.717, 1.165) is 45.2 Å². The molecule has 0 saturated carbocycles. The topological polar surface area (TPSA) is 59.6 Å². The van der Waals surface area contributed by atoms with Crippen LogP contribution in [0.5, 0.6) is 0 Å². The number of hydrogen-bond acceptors (Lipinski definition) is 4. The summed E-state index contributed by atoms with van der Waals surface area (Å²) in [4.78, 5) is 11.5. The Hall–Kier alpha value is -0.810. The summed E-state index contributed by atoms with van der Waals surface area (Å²) in [6, 6.07) is 0.